The van der Waals surface area contributed by atoms with Crippen molar-refractivity contribution < 1.29 is 19.4 Å². The second kappa shape index (κ2) is 13.8. The van der Waals surface area contributed by atoms with Gasteiger partial charge in [-0.05, 0) is 39.9 Å². The fourth-order valence-electron chi connectivity index (χ4n) is 4.60. The Balaban J connectivity index is 1.36. The third-order valence-corrected chi connectivity index (χ3v) is 8.49. The van der Waals surface area contributed by atoms with E-state index in [2.05, 4.69) is 15.5 Å². The molecule has 0 unspecified atom stereocenters. The van der Waals surface area contributed by atoms with Crippen LogP contribution >= 0.6 is 46.6 Å². The van der Waals surface area contributed by atoms with Crippen molar-refractivity contribution in [2.24, 2.45) is 7.05 Å². The molecule has 1 aliphatic rings. The van der Waals surface area contributed by atoms with Gasteiger partial charge < -0.3 is 24.5 Å². The second-order valence-corrected chi connectivity index (χ2v) is 13.2. The van der Waals surface area contributed by atoms with Gasteiger partial charge in [0.2, 0.25) is 0 Å². The lowest BCUT2D eigenvalue weighted by atomic mass is 9.99. The molecule has 2 heterocycles. The highest BCUT2D eigenvalue weighted by molar-refractivity contribution is 7.99. The molecule has 8 nitrogen and oxygen atoms in total. The molecular weight excluding hydrogens is 619 g/mol. The minimum absolute atomic E-state index is 0.0121. The van der Waals surface area contributed by atoms with Gasteiger partial charge in [0.05, 0.1) is 18.8 Å². The third-order valence-electron chi connectivity index (χ3n) is 6.81. The summed E-state index contributed by atoms with van der Waals surface area (Å²) in [5.74, 6) is -0.00171. The number of rotatable bonds is 9. The van der Waals surface area contributed by atoms with Crippen LogP contribution in [-0.2, 0) is 34.5 Å². The number of ether oxygens (including phenoxy) is 2. The normalized spacial score (nSPS) is 19.0. The quantitative estimate of drug-likeness (QED) is 0.163. The van der Waals surface area contributed by atoms with E-state index in [0.29, 0.717) is 12.2 Å². The number of nitrogens with zero attached hydrogens (tertiary/aromatic N) is 3. The van der Waals surface area contributed by atoms with Crippen LogP contribution < -0.4 is 5.32 Å². The maximum absolute atomic E-state index is 12.0. The number of alkyl halides is 3. The summed E-state index contributed by atoms with van der Waals surface area (Å²) in [5, 5.41) is 21.1. The molecule has 1 amide bonds. The fraction of sp³-hybridized carbons (Fsp3) is 0.300. The van der Waals surface area contributed by atoms with Gasteiger partial charge in [0.25, 0.3) is 9.70 Å². The molecule has 1 aromatic heterocycles. The van der Waals surface area contributed by atoms with Crippen LogP contribution in [0.25, 0.3) is 11.1 Å². The van der Waals surface area contributed by atoms with E-state index in [4.69, 9.17) is 44.3 Å². The maximum Gasteiger partial charge on any atom is 0.272 e. The molecule has 0 saturated carbocycles. The average molecular weight is 648 g/mol. The molecule has 0 aliphatic carbocycles. The highest BCUT2D eigenvalue weighted by Crippen LogP contribution is 2.40. The Morgan fingerprint density at radius 2 is 1.76 bits per heavy atom. The topological polar surface area (TPSA) is 98.5 Å². The zero-order valence-corrected chi connectivity index (χ0v) is 25.7. The second-order valence-electron chi connectivity index (χ2n) is 9.89. The van der Waals surface area contributed by atoms with Gasteiger partial charge in [0.1, 0.15) is 6.33 Å². The van der Waals surface area contributed by atoms with Crippen molar-refractivity contribution in [3.8, 4) is 11.1 Å². The zero-order chi connectivity index (χ0) is 29.7. The molecule has 1 aliphatic heterocycles. The van der Waals surface area contributed by atoms with Crippen molar-refractivity contribution >= 4 is 52.5 Å². The van der Waals surface area contributed by atoms with Crippen molar-refractivity contribution in [3.63, 3.8) is 0 Å². The van der Waals surface area contributed by atoms with Gasteiger partial charge >= 0.3 is 0 Å². The van der Waals surface area contributed by atoms with Crippen LogP contribution in [0.3, 0.4) is 0 Å². The Bertz CT molecular complexity index is 1510. The van der Waals surface area contributed by atoms with E-state index in [1.807, 2.05) is 84.4 Å². The average Bonchev–Trinajstić information content (AvgIpc) is 3.42. The summed E-state index contributed by atoms with van der Waals surface area (Å²) in [7, 11) is 1.91. The van der Waals surface area contributed by atoms with Crippen LogP contribution in [-0.4, -0.2) is 41.4 Å². The first-order chi connectivity index (χ1) is 20.2. The summed E-state index contributed by atoms with van der Waals surface area (Å²) in [5.41, 5.74) is 5.53. The van der Waals surface area contributed by atoms with Crippen molar-refractivity contribution in [3.05, 3.63) is 101 Å². The van der Waals surface area contributed by atoms with Gasteiger partial charge in [0, 0.05) is 31.3 Å². The van der Waals surface area contributed by atoms with E-state index in [1.165, 1.54) is 0 Å². The van der Waals surface area contributed by atoms with Gasteiger partial charge in [-0.15, -0.1) is 10.2 Å². The van der Waals surface area contributed by atoms with Gasteiger partial charge in [-0.25, -0.2) is 0 Å². The van der Waals surface area contributed by atoms with Crippen molar-refractivity contribution in [1.82, 2.24) is 20.1 Å². The summed E-state index contributed by atoms with van der Waals surface area (Å²) in [4.78, 5) is 12.0. The van der Waals surface area contributed by atoms with E-state index in [0.717, 1.165) is 38.5 Å². The van der Waals surface area contributed by atoms with Gasteiger partial charge in [-0.1, -0.05) is 107 Å². The molecule has 0 spiro atoms. The van der Waals surface area contributed by atoms with E-state index < -0.39 is 16.0 Å². The molecule has 42 heavy (non-hydrogen) atoms. The molecule has 0 radical (unpaired) electrons. The van der Waals surface area contributed by atoms with Crippen LogP contribution in [0.15, 0.2) is 84.3 Å². The van der Waals surface area contributed by atoms with Gasteiger partial charge in [-0.3, -0.25) is 4.79 Å². The number of aliphatic hydroxyl groups is 1. The minimum Gasteiger partial charge on any atom is -0.392 e. The Hall–Kier alpha value is -2.63. The predicted molar refractivity (Wildman–Crippen MR) is 164 cm³/mol. The Morgan fingerprint density at radius 1 is 1.02 bits per heavy atom. The largest absolute Gasteiger partial charge is 0.392 e. The molecule has 1 fully saturated rings. The van der Waals surface area contributed by atoms with Crippen molar-refractivity contribution in [2.45, 2.75) is 47.0 Å². The number of amides is 1. The Morgan fingerprint density at radius 3 is 2.45 bits per heavy atom. The molecule has 2 N–H and O–H groups in total. The lowest BCUT2D eigenvalue weighted by Crippen LogP contribution is -2.33. The number of nitrogens with one attached hydrogen (secondary N) is 1. The fourth-order valence-corrected chi connectivity index (χ4v) is 5.71. The number of thioether (sulfide) groups is 1. The van der Waals surface area contributed by atoms with Crippen LogP contribution in [0.4, 0.5) is 0 Å². The molecule has 12 heteroatoms. The number of aliphatic hydroxyl groups excluding tert-OH is 1. The monoisotopic (exact) mass is 646 g/mol. The van der Waals surface area contributed by atoms with Crippen molar-refractivity contribution in [1.29, 1.82) is 0 Å². The first-order valence-corrected chi connectivity index (χ1v) is 15.3. The van der Waals surface area contributed by atoms with Crippen LogP contribution in [0, 0.1) is 0 Å². The number of benzene rings is 3. The molecule has 3 atom stereocenters. The smallest absolute Gasteiger partial charge is 0.272 e. The first kappa shape index (κ1) is 30.8. The number of carbonyl (C=O) groups is 1. The Kier molecular flexibility index (Phi) is 10.1. The van der Waals surface area contributed by atoms with E-state index >= 15 is 0 Å². The molecular formula is C30H29Cl3N4O4S. The van der Waals surface area contributed by atoms with Crippen LogP contribution in [0.2, 0.25) is 0 Å². The predicted octanol–water partition coefficient (Wildman–Crippen LogP) is 6.30. The molecule has 4 aromatic rings. The summed E-state index contributed by atoms with van der Waals surface area (Å²) in [6.07, 6.45) is 1.44. The molecule has 3 aromatic carbocycles. The number of halogens is 3. The number of hydrogen-bond acceptors (Lipinski definition) is 7. The standard InChI is InChI=1S/C30H29Cl3N4O4S/c1-37-18-35-36-29(37)42-17-25-14-26(21-10-8-19(16-38)9-11-21)41-27(40-25)24-7-3-6-23(13-24)22-5-2-4-20(12-22)15-34-28(39)30(31,32)33/h2-13,18,25-27,38H,14-17H2,1H3,(H,34,39)/t25-,26+,27+/m0/s1. The summed E-state index contributed by atoms with van der Waals surface area (Å²) >= 11 is 18.6. The molecule has 5 rings (SSSR count). The van der Waals surface area contributed by atoms with E-state index in [9.17, 15) is 9.90 Å². The van der Waals surface area contributed by atoms with Crippen molar-refractivity contribution in [2.75, 3.05) is 5.75 Å². The minimum atomic E-state index is -2.02. The zero-order valence-electron chi connectivity index (χ0n) is 22.6. The lowest BCUT2D eigenvalue weighted by molar-refractivity contribution is -0.245. The van der Waals surface area contributed by atoms with Gasteiger partial charge in [0.15, 0.2) is 11.4 Å². The van der Waals surface area contributed by atoms with Crippen LogP contribution in [0.5, 0.6) is 0 Å². The molecule has 1 saturated heterocycles. The SMILES string of the molecule is Cn1cnnc1SC[C@@H]1C[C@H](c2ccc(CO)cc2)O[C@H](c2cccc(-c3cccc(CNC(=O)C(Cl)(Cl)Cl)c3)c2)O1. The van der Waals surface area contributed by atoms with Gasteiger partial charge in [-0.2, -0.15) is 0 Å². The van der Waals surface area contributed by atoms with E-state index in [-0.39, 0.29) is 25.4 Å². The highest BCUT2D eigenvalue weighted by Gasteiger charge is 2.33. The maximum atomic E-state index is 12.0. The summed E-state index contributed by atoms with van der Waals surface area (Å²) < 4.78 is 12.9. The number of aromatic nitrogens is 3. The lowest BCUT2D eigenvalue weighted by Gasteiger charge is -2.36. The van der Waals surface area contributed by atoms with E-state index in [1.54, 1.807) is 18.1 Å². The third kappa shape index (κ3) is 7.85. The summed E-state index contributed by atoms with van der Waals surface area (Å²) in [6.45, 7) is 0.207. The highest BCUT2D eigenvalue weighted by atomic mass is 35.6. The molecule has 220 valence electrons. The number of hydrogen-bond donors (Lipinski definition) is 2. The number of aryl methyl sites for hydroxylation is 1. The number of carbonyl (C=O) groups excluding carboxylic acids is 1. The first-order valence-electron chi connectivity index (χ1n) is 13.2. The molecule has 0 bridgehead atoms. The van der Waals surface area contributed by atoms with Crippen LogP contribution in [0.1, 0.15) is 41.1 Å². The Labute approximate surface area is 263 Å². The summed E-state index contributed by atoms with van der Waals surface area (Å²) in [6, 6.07) is 23.6.